The SMILES string of the molecule is Cc1cccc(NC(C)(CO)c2cc(C)ccc2C)c1. The van der Waals surface area contributed by atoms with Crippen molar-refractivity contribution in [3.8, 4) is 0 Å². The van der Waals surface area contributed by atoms with Crippen LogP contribution in [0.25, 0.3) is 0 Å². The van der Waals surface area contributed by atoms with Crippen molar-refractivity contribution in [1.29, 1.82) is 0 Å². The Kier molecular flexibility index (Phi) is 4.15. The van der Waals surface area contributed by atoms with E-state index in [4.69, 9.17) is 0 Å². The molecule has 0 saturated carbocycles. The van der Waals surface area contributed by atoms with Gasteiger partial charge >= 0.3 is 0 Å². The second kappa shape index (κ2) is 5.68. The number of benzene rings is 2. The van der Waals surface area contributed by atoms with E-state index in [-0.39, 0.29) is 6.61 Å². The molecule has 0 saturated heterocycles. The van der Waals surface area contributed by atoms with Crippen molar-refractivity contribution >= 4 is 5.69 Å². The van der Waals surface area contributed by atoms with Crippen LogP contribution in [0, 0.1) is 20.8 Å². The number of rotatable bonds is 4. The van der Waals surface area contributed by atoms with Crippen LogP contribution in [0.4, 0.5) is 5.69 Å². The van der Waals surface area contributed by atoms with Crippen LogP contribution >= 0.6 is 0 Å². The molecule has 1 atom stereocenters. The van der Waals surface area contributed by atoms with E-state index in [2.05, 4.69) is 56.4 Å². The number of hydrogen-bond acceptors (Lipinski definition) is 2. The van der Waals surface area contributed by atoms with Crippen LogP contribution in [0.3, 0.4) is 0 Å². The summed E-state index contributed by atoms with van der Waals surface area (Å²) < 4.78 is 0. The molecule has 2 N–H and O–H groups in total. The summed E-state index contributed by atoms with van der Waals surface area (Å²) in [5.74, 6) is 0. The predicted molar refractivity (Wildman–Crippen MR) is 85.2 cm³/mol. The van der Waals surface area contributed by atoms with Crippen LogP contribution in [0.1, 0.15) is 29.2 Å². The summed E-state index contributed by atoms with van der Waals surface area (Å²) in [6, 6.07) is 14.6. The Balaban J connectivity index is 2.40. The molecule has 0 aliphatic heterocycles. The molecule has 0 spiro atoms. The highest BCUT2D eigenvalue weighted by atomic mass is 16.3. The molecule has 2 rings (SSSR count). The molecule has 0 aliphatic carbocycles. The molecule has 0 radical (unpaired) electrons. The summed E-state index contributed by atoms with van der Waals surface area (Å²) in [5.41, 5.74) is 5.29. The van der Waals surface area contributed by atoms with E-state index in [0.29, 0.717) is 0 Å². The summed E-state index contributed by atoms with van der Waals surface area (Å²) in [7, 11) is 0. The number of aliphatic hydroxyl groups is 1. The minimum absolute atomic E-state index is 0.0469. The summed E-state index contributed by atoms with van der Waals surface area (Å²) in [6.45, 7) is 8.32. The Morgan fingerprint density at radius 1 is 1.00 bits per heavy atom. The van der Waals surface area contributed by atoms with Gasteiger partial charge in [-0.05, 0) is 56.5 Å². The van der Waals surface area contributed by atoms with Crippen molar-refractivity contribution in [3.63, 3.8) is 0 Å². The minimum Gasteiger partial charge on any atom is -0.394 e. The molecule has 0 heterocycles. The lowest BCUT2D eigenvalue weighted by Crippen LogP contribution is -2.36. The van der Waals surface area contributed by atoms with Gasteiger partial charge in [-0.15, -0.1) is 0 Å². The van der Waals surface area contributed by atoms with Crippen molar-refractivity contribution in [2.75, 3.05) is 11.9 Å². The Hall–Kier alpha value is -1.80. The van der Waals surface area contributed by atoms with Crippen LogP contribution in [-0.4, -0.2) is 11.7 Å². The molecule has 0 fully saturated rings. The van der Waals surface area contributed by atoms with Gasteiger partial charge in [0.2, 0.25) is 0 Å². The van der Waals surface area contributed by atoms with Crippen LogP contribution in [0.5, 0.6) is 0 Å². The van der Waals surface area contributed by atoms with E-state index in [0.717, 1.165) is 11.3 Å². The average molecular weight is 269 g/mol. The van der Waals surface area contributed by atoms with Gasteiger partial charge in [-0.25, -0.2) is 0 Å². The van der Waals surface area contributed by atoms with Crippen molar-refractivity contribution in [1.82, 2.24) is 0 Å². The zero-order chi connectivity index (χ0) is 14.8. The number of aliphatic hydroxyl groups excluding tert-OH is 1. The third kappa shape index (κ3) is 3.02. The van der Waals surface area contributed by atoms with Crippen molar-refractivity contribution < 1.29 is 5.11 Å². The number of aryl methyl sites for hydroxylation is 3. The average Bonchev–Trinajstić information content (AvgIpc) is 2.41. The highest BCUT2D eigenvalue weighted by Crippen LogP contribution is 2.29. The van der Waals surface area contributed by atoms with E-state index in [1.54, 1.807) is 0 Å². The number of nitrogens with one attached hydrogen (secondary N) is 1. The third-order valence-electron chi connectivity index (χ3n) is 3.74. The maximum absolute atomic E-state index is 9.92. The van der Waals surface area contributed by atoms with Crippen molar-refractivity contribution in [3.05, 3.63) is 64.7 Å². The zero-order valence-corrected chi connectivity index (χ0v) is 12.7. The van der Waals surface area contributed by atoms with Gasteiger partial charge in [-0.3, -0.25) is 0 Å². The van der Waals surface area contributed by atoms with E-state index in [1.807, 2.05) is 19.1 Å². The van der Waals surface area contributed by atoms with E-state index in [9.17, 15) is 5.11 Å². The first-order valence-electron chi connectivity index (χ1n) is 6.98. The lowest BCUT2D eigenvalue weighted by atomic mass is 9.87. The van der Waals surface area contributed by atoms with Gasteiger partial charge in [0.1, 0.15) is 0 Å². The molecule has 0 amide bonds. The zero-order valence-electron chi connectivity index (χ0n) is 12.7. The standard InChI is InChI=1S/C18H23NO/c1-13-6-5-7-16(10-13)19-18(4,12-20)17-11-14(2)8-9-15(17)3/h5-11,19-20H,12H2,1-4H3. The maximum atomic E-state index is 9.92. The van der Waals surface area contributed by atoms with Crippen molar-refractivity contribution in [2.45, 2.75) is 33.2 Å². The van der Waals surface area contributed by atoms with Gasteiger partial charge in [0, 0.05) is 5.69 Å². The normalized spacial score (nSPS) is 13.8. The molecule has 2 heteroatoms. The molecule has 20 heavy (non-hydrogen) atoms. The van der Waals surface area contributed by atoms with E-state index < -0.39 is 5.54 Å². The molecule has 2 nitrogen and oxygen atoms in total. The first-order chi connectivity index (χ1) is 9.44. The molecular formula is C18H23NO. The Morgan fingerprint density at radius 2 is 1.70 bits per heavy atom. The Bertz CT molecular complexity index is 606. The number of hydrogen-bond donors (Lipinski definition) is 2. The van der Waals surface area contributed by atoms with Crippen LogP contribution in [0.15, 0.2) is 42.5 Å². The highest BCUT2D eigenvalue weighted by Gasteiger charge is 2.27. The predicted octanol–water partition coefficient (Wildman–Crippen LogP) is 3.93. The molecule has 0 aliphatic rings. The summed E-state index contributed by atoms with van der Waals surface area (Å²) in [5, 5.41) is 13.4. The summed E-state index contributed by atoms with van der Waals surface area (Å²) in [6.07, 6.45) is 0. The number of anilines is 1. The fraction of sp³-hybridized carbons (Fsp3) is 0.333. The van der Waals surface area contributed by atoms with Gasteiger partial charge in [-0.1, -0.05) is 35.9 Å². The quantitative estimate of drug-likeness (QED) is 0.881. The lowest BCUT2D eigenvalue weighted by Gasteiger charge is -2.32. The second-order valence-electron chi connectivity index (χ2n) is 5.80. The monoisotopic (exact) mass is 269 g/mol. The summed E-state index contributed by atoms with van der Waals surface area (Å²) in [4.78, 5) is 0. The Morgan fingerprint density at radius 3 is 2.35 bits per heavy atom. The van der Waals surface area contributed by atoms with Crippen LogP contribution < -0.4 is 5.32 Å². The molecule has 0 bridgehead atoms. The minimum atomic E-state index is -0.482. The second-order valence-corrected chi connectivity index (χ2v) is 5.80. The Labute approximate surface area is 121 Å². The van der Waals surface area contributed by atoms with E-state index in [1.165, 1.54) is 16.7 Å². The largest absolute Gasteiger partial charge is 0.394 e. The van der Waals surface area contributed by atoms with Gasteiger partial charge in [-0.2, -0.15) is 0 Å². The first kappa shape index (κ1) is 14.6. The highest BCUT2D eigenvalue weighted by molar-refractivity contribution is 5.51. The first-order valence-corrected chi connectivity index (χ1v) is 6.98. The van der Waals surface area contributed by atoms with Crippen molar-refractivity contribution in [2.24, 2.45) is 0 Å². The molecular weight excluding hydrogens is 246 g/mol. The van der Waals surface area contributed by atoms with Gasteiger partial charge < -0.3 is 10.4 Å². The van der Waals surface area contributed by atoms with E-state index >= 15 is 0 Å². The van der Waals surface area contributed by atoms with Crippen LogP contribution in [-0.2, 0) is 5.54 Å². The third-order valence-corrected chi connectivity index (χ3v) is 3.74. The van der Waals surface area contributed by atoms with Gasteiger partial charge in [0.15, 0.2) is 0 Å². The molecule has 1 unspecified atom stereocenters. The molecule has 2 aromatic carbocycles. The molecule has 106 valence electrons. The smallest absolute Gasteiger partial charge is 0.0830 e. The molecule has 2 aromatic rings. The fourth-order valence-corrected chi connectivity index (χ4v) is 2.56. The maximum Gasteiger partial charge on any atom is 0.0830 e. The van der Waals surface area contributed by atoms with Gasteiger partial charge in [0.05, 0.1) is 12.1 Å². The van der Waals surface area contributed by atoms with Crippen LogP contribution in [0.2, 0.25) is 0 Å². The fourth-order valence-electron chi connectivity index (χ4n) is 2.56. The lowest BCUT2D eigenvalue weighted by molar-refractivity contribution is 0.223. The van der Waals surface area contributed by atoms with Gasteiger partial charge in [0.25, 0.3) is 0 Å². The summed E-state index contributed by atoms with van der Waals surface area (Å²) >= 11 is 0. The molecule has 0 aromatic heterocycles. The topological polar surface area (TPSA) is 32.3 Å².